The molecule has 1 aromatic rings. The highest BCUT2D eigenvalue weighted by molar-refractivity contribution is 5.92. The van der Waals surface area contributed by atoms with E-state index in [1.807, 2.05) is 4.90 Å². The minimum atomic E-state index is -0.159. The molecule has 2 atom stereocenters. The maximum Gasteiger partial charge on any atom is 0.274 e. The first-order valence-corrected chi connectivity index (χ1v) is 9.74. The molecule has 3 saturated heterocycles. The smallest absolute Gasteiger partial charge is 0.274 e. The van der Waals surface area contributed by atoms with Crippen molar-refractivity contribution in [2.75, 3.05) is 59.5 Å². The van der Waals surface area contributed by atoms with Gasteiger partial charge in [0.15, 0.2) is 0 Å². The SMILES string of the molecule is CN1CCN(C[C@H]2CO[C@]3(CCCN(C(=O)c4cnccn4)C3)C2)CC1. The molecule has 0 radical (unpaired) electrons. The topological polar surface area (TPSA) is 61.8 Å². The Morgan fingerprint density at radius 3 is 2.88 bits per heavy atom. The van der Waals surface area contributed by atoms with Crippen LogP contribution >= 0.6 is 0 Å². The van der Waals surface area contributed by atoms with E-state index in [0.29, 0.717) is 18.2 Å². The Bertz CT molecular complexity index is 620. The van der Waals surface area contributed by atoms with E-state index in [-0.39, 0.29) is 11.5 Å². The maximum absolute atomic E-state index is 12.7. The van der Waals surface area contributed by atoms with Crippen molar-refractivity contribution >= 4 is 5.91 Å². The molecule has 1 spiro atoms. The van der Waals surface area contributed by atoms with Crippen molar-refractivity contribution in [3.63, 3.8) is 0 Å². The van der Waals surface area contributed by atoms with Gasteiger partial charge in [0.2, 0.25) is 0 Å². The van der Waals surface area contributed by atoms with Gasteiger partial charge in [-0.25, -0.2) is 4.98 Å². The summed E-state index contributed by atoms with van der Waals surface area (Å²) in [6, 6.07) is 0. The number of piperazine rings is 1. The number of nitrogens with zero attached hydrogens (tertiary/aromatic N) is 5. The molecule has 142 valence electrons. The number of carbonyl (C=O) groups excluding carboxylic acids is 1. The van der Waals surface area contributed by atoms with Gasteiger partial charge >= 0.3 is 0 Å². The fourth-order valence-electron chi connectivity index (χ4n) is 4.58. The minimum absolute atomic E-state index is 0.0247. The first-order valence-electron chi connectivity index (χ1n) is 9.74. The van der Waals surface area contributed by atoms with Crippen molar-refractivity contribution in [1.82, 2.24) is 24.7 Å². The fourth-order valence-corrected chi connectivity index (χ4v) is 4.58. The molecule has 1 aromatic heterocycles. The summed E-state index contributed by atoms with van der Waals surface area (Å²) >= 11 is 0. The highest BCUT2D eigenvalue weighted by atomic mass is 16.5. The molecular weight excluding hydrogens is 330 g/mol. The lowest BCUT2D eigenvalue weighted by atomic mass is 9.86. The second-order valence-corrected chi connectivity index (χ2v) is 8.09. The predicted molar refractivity (Wildman–Crippen MR) is 97.9 cm³/mol. The molecule has 3 fully saturated rings. The number of hydrogen-bond acceptors (Lipinski definition) is 6. The second kappa shape index (κ2) is 7.58. The summed E-state index contributed by atoms with van der Waals surface area (Å²) in [5, 5.41) is 0. The number of ether oxygens (including phenoxy) is 1. The Balaban J connectivity index is 1.34. The lowest BCUT2D eigenvalue weighted by Gasteiger charge is -2.40. The van der Waals surface area contributed by atoms with Crippen LogP contribution in [-0.2, 0) is 4.74 Å². The Hall–Kier alpha value is -1.57. The van der Waals surface area contributed by atoms with Crippen molar-refractivity contribution in [2.45, 2.75) is 24.9 Å². The van der Waals surface area contributed by atoms with Gasteiger partial charge in [-0.3, -0.25) is 9.78 Å². The molecule has 3 aliphatic rings. The van der Waals surface area contributed by atoms with Crippen LogP contribution in [0.1, 0.15) is 29.8 Å². The van der Waals surface area contributed by atoms with Gasteiger partial charge in [-0.1, -0.05) is 0 Å². The van der Waals surface area contributed by atoms with E-state index in [0.717, 1.165) is 65.1 Å². The van der Waals surface area contributed by atoms with Crippen LogP contribution in [0, 0.1) is 5.92 Å². The number of likely N-dealkylation sites (N-methyl/N-ethyl adjacent to an activating group) is 1. The molecule has 4 heterocycles. The zero-order valence-electron chi connectivity index (χ0n) is 15.6. The van der Waals surface area contributed by atoms with Gasteiger partial charge < -0.3 is 19.4 Å². The quantitative estimate of drug-likeness (QED) is 0.793. The summed E-state index contributed by atoms with van der Waals surface area (Å²) in [7, 11) is 2.19. The molecule has 0 aromatic carbocycles. The summed E-state index contributed by atoms with van der Waals surface area (Å²) in [6.45, 7) is 8.01. The first kappa shape index (κ1) is 17.8. The summed E-state index contributed by atoms with van der Waals surface area (Å²) in [4.78, 5) is 27.8. The van der Waals surface area contributed by atoms with E-state index in [1.54, 1.807) is 18.6 Å². The molecule has 3 aliphatic heterocycles. The van der Waals surface area contributed by atoms with Crippen molar-refractivity contribution in [1.29, 1.82) is 0 Å². The largest absolute Gasteiger partial charge is 0.373 e. The number of hydrogen-bond donors (Lipinski definition) is 0. The maximum atomic E-state index is 12.7. The van der Waals surface area contributed by atoms with Crippen LogP contribution < -0.4 is 0 Å². The number of carbonyl (C=O) groups is 1. The molecule has 7 nitrogen and oxygen atoms in total. The van der Waals surface area contributed by atoms with Crippen LogP contribution in [0.15, 0.2) is 18.6 Å². The number of rotatable bonds is 3. The van der Waals surface area contributed by atoms with E-state index >= 15 is 0 Å². The first-order chi connectivity index (χ1) is 12.6. The second-order valence-electron chi connectivity index (χ2n) is 8.09. The third-order valence-corrected chi connectivity index (χ3v) is 6.01. The van der Waals surface area contributed by atoms with E-state index in [9.17, 15) is 4.79 Å². The molecule has 0 saturated carbocycles. The third kappa shape index (κ3) is 3.89. The van der Waals surface area contributed by atoms with E-state index in [4.69, 9.17) is 4.74 Å². The molecule has 0 N–H and O–H groups in total. The van der Waals surface area contributed by atoms with Crippen molar-refractivity contribution in [3.8, 4) is 0 Å². The molecule has 7 heteroatoms. The minimum Gasteiger partial charge on any atom is -0.373 e. The molecular formula is C19H29N5O2. The fraction of sp³-hybridized carbons (Fsp3) is 0.737. The Morgan fingerprint density at radius 2 is 2.12 bits per heavy atom. The molecule has 26 heavy (non-hydrogen) atoms. The molecule has 0 bridgehead atoms. The van der Waals surface area contributed by atoms with Crippen molar-refractivity contribution in [2.24, 2.45) is 5.92 Å². The van der Waals surface area contributed by atoms with E-state index in [2.05, 4.69) is 26.8 Å². The van der Waals surface area contributed by atoms with Gasteiger partial charge in [0.1, 0.15) is 5.69 Å². The van der Waals surface area contributed by atoms with Crippen LogP contribution in [0.25, 0.3) is 0 Å². The number of amides is 1. The average molecular weight is 359 g/mol. The average Bonchev–Trinajstić information content (AvgIpc) is 3.05. The van der Waals surface area contributed by atoms with Crippen LogP contribution in [0.5, 0.6) is 0 Å². The predicted octanol–water partition coefficient (Wildman–Crippen LogP) is 0.735. The van der Waals surface area contributed by atoms with Crippen LogP contribution in [0.3, 0.4) is 0 Å². The highest BCUT2D eigenvalue weighted by Crippen LogP contribution is 2.38. The van der Waals surface area contributed by atoms with Gasteiger partial charge in [0, 0.05) is 51.7 Å². The van der Waals surface area contributed by atoms with Gasteiger partial charge in [-0.05, 0) is 32.2 Å². The summed E-state index contributed by atoms with van der Waals surface area (Å²) in [5.74, 6) is 0.549. The van der Waals surface area contributed by atoms with E-state index < -0.39 is 0 Å². The van der Waals surface area contributed by atoms with Crippen LogP contribution in [0.2, 0.25) is 0 Å². The molecule has 0 aliphatic carbocycles. The van der Waals surface area contributed by atoms with Gasteiger partial charge in [0.05, 0.1) is 24.9 Å². The summed E-state index contributed by atoms with van der Waals surface area (Å²) in [6.07, 6.45) is 7.82. The molecule has 4 rings (SSSR count). The van der Waals surface area contributed by atoms with Crippen molar-refractivity contribution < 1.29 is 9.53 Å². The number of aromatic nitrogens is 2. The molecule has 0 unspecified atom stereocenters. The normalized spacial score (nSPS) is 30.8. The van der Waals surface area contributed by atoms with Gasteiger partial charge in [0.25, 0.3) is 5.91 Å². The lowest BCUT2D eigenvalue weighted by Crippen LogP contribution is -2.50. The highest BCUT2D eigenvalue weighted by Gasteiger charge is 2.45. The number of likely N-dealkylation sites (tertiary alicyclic amines) is 1. The zero-order chi connectivity index (χ0) is 18.0. The van der Waals surface area contributed by atoms with E-state index in [1.165, 1.54) is 0 Å². The standard InChI is InChI=1S/C19H29N5O2/c1-22-7-9-23(10-8-22)13-16-11-19(26-14-16)3-2-6-24(15-19)18(25)17-12-20-4-5-21-17/h4-5,12,16H,2-3,6-11,13-15H2,1H3/t16-,19+/m0/s1. The van der Waals surface area contributed by atoms with Crippen LogP contribution in [0.4, 0.5) is 0 Å². The Labute approximate surface area is 155 Å². The number of piperidine rings is 1. The Kier molecular flexibility index (Phi) is 5.20. The Morgan fingerprint density at radius 1 is 1.27 bits per heavy atom. The molecule has 1 amide bonds. The lowest BCUT2D eigenvalue weighted by molar-refractivity contribution is -0.0452. The van der Waals surface area contributed by atoms with Crippen molar-refractivity contribution in [3.05, 3.63) is 24.3 Å². The monoisotopic (exact) mass is 359 g/mol. The summed E-state index contributed by atoms with van der Waals surface area (Å²) < 4.78 is 6.31. The van der Waals surface area contributed by atoms with Gasteiger partial charge in [-0.15, -0.1) is 0 Å². The van der Waals surface area contributed by atoms with Crippen LogP contribution in [-0.4, -0.2) is 95.6 Å². The third-order valence-electron chi connectivity index (χ3n) is 6.01. The summed E-state index contributed by atoms with van der Waals surface area (Å²) in [5.41, 5.74) is 0.268. The van der Waals surface area contributed by atoms with Gasteiger partial charge in [-0.2, -0.15) is 0 Å². The zero-order valence-corrected chi connectivity index (χ0v) is 15.6.